The highest BCUT2D eigenvalue weighted by Gasteiger charge is 2.16. The van der Waals surface area contributed by atoms with Crippen LogP contribution in [0.2, 0.25) is 0 Å². The summed E-state index contributed by atoms with van der Waals surface area (Å²) in [6, 6.07) is 0. The van der Waals surface area contributed by atoms with Crippen LogP contribution < -0.4 is 5.32 Å². The molecule has 4 nitrogen and oxygen atoms in total. The van der Waals surface area contributed by atoms with Crippen molar-refractivity contribution in [1.29, 1.82) is 0 Å². The first-order chi connectivity index (χ1) is 6.52. The quantitative estimate of drug-likeness (QED) is 0.627. The summed E-state index contributed by atoms with van der Waals surface area (Å²) in [7, 11) is 1.62. The maximum atomic E-state index is 11.2. The van der Waals surface area contributed by atoms with Gasteiger partial charge in [-0.05, 0) is 20.3 Å². The number of hydrogen-bond acceptors (Lipinski definition) is 3. The number of amides is 1. The van der Waals surface area contributed by atoms with Crippen LogP contribution in [0.25, 0.3) is 0 Å². The minimum Gasteiger partial charge on any atom is -0.377 e. The number of ether oxygens (including phenoxy) is 2. The van der Waals surface area contributed by atoms with Crippen molar-refractivity contribution < 1.29 is 14.3 Å². The highest BCUT2D eigenvalue weighted by atomic mass is 16.5. The molecule has 0 bridgehead atoms. The highest BCUT2D eigenvalue weighted by molar-refractivity contribution is 5.77. The van der Waals surface area contributed by atoms with Gasteiger partial charge in [0.15, 0.2) is 0 Å². The molecule has 84 valence electrons. The van der Waals surface area contributed by atoms with Gasteiger partial charge in [-0.3, -0.25) is 4.79 Å². The van der Waals surface area contributed by atoms with Crippen LogP contribution >= 0.6 is 0 Å². The third kappa shape index (κ3) is 6.86. The van der Waals surface area contributed by atoms with Crippen LogP contribution in [0.15, 0.2) is 0 Å². The summed E-state index contributed by atoms with van der Waals surface area (Å²) in [5.41, 5.74) is -0.319. The second kappa shape index (κ2) is 6.79. The zero-order valence-corrected chi connectivity index (χ0v) is 9.55. The first-order valence-corrected chi connectivity index (χ1v) is 4.91. The van der Waals surface area contributed by atoms with E-state index in [-0.39, 0.29) is 18.1 Å². The molecule has 0 radical (unpaired) electrons. The fourth-order valence-corrected chi connectivity index (χ4v) is 0.744. The molecule has 0 unspecified atom stereocenters. The van der Waals surface area contributed by atoms with Gasteiger partial charge in [0, 0.05) is 20.3 Å². The van der Waals surface area contributed by atoms with Gasteiger partial charge < -0.3 is 14.8 Å². The van der Waals surface area contributed by atoms with Crippen LogP contribution in [-0.2, 0) is 14.3 Å². The summed E-state index contributed by atoms with van der Waals surface area (Å²) in [4.78, 5) is 11.2. The number of rotatable bonds is 7. The lowest BCUT2D eigenvalue weighted by atomic mass is 10.1. The van der Waals surface area contributed by atoms with Crippen LogP contribution in [0, 0.1) is 0 Å². The zero-order valence-electron chi connectivity index (χ0n) is 9.55. The molecule has 0 fully saturated rings. The van der Waals surface area contributed by atoms with Crippen molar-refractivity contribution in [1.82, 2.24) is 5.32 Å². The van der Waals surface area contributed by atoms with Crippen molar-refractivity contribution in [2.75, 3.05) is 26.9 Å². The number of hydrogen-bond donors (Lipinski definition) is 1. The molecule has 4 heteroatoms. The van der Waals surface area contributed by atoms with Crippen molar-refractivity contribution in [3.63, 3.8) is 0 Å². The van der Waals surface area contributed by atoms with Crippen LogP contribution in [-0.4, -0.2) is 38.4 Å². The summed E-state index contributed by atoms with van der Waals surface area (Å²) >= 11 is 0. The Labute approximate surface area is 86.0 Å². The van der Waals surface area contributed by atoms with Gasteiger partial charge in [-0.1, -0.05) is 6.92 Å². The van der Waals surface area contributed by atoms with E-state index in [0.717, 1.165) is 6.42 Å². The molecule has 0 rings (SSSR count). The second-order valence-electron chi connectivity index (χ2n) is 3.79. The van der Waals surface area contributed by atoms with Gasteiger partial charge >= 0.3 is 0 Å². The minimum absolute atomic E-state index is 0.0939. The lowest BCUT2D eigenvalue weighted by Gasteiger charge is -2.22. The number of carbonyl (C=O) groups excluding carboxylic acids is 1. The topological polar surface area (TPSA) is 47.6 Å². The number of nitrogens with one attached hydrogen (secondary N) is 1. The van der Waals surface area contributed by atoms with Gasteiger partial charge in [-0.15, -0.1) is 0 Å². The van der Waals surface area contributed by atoms with Gasteiger partial charge in [-0.25, -0.2) is 0 Å². The molecule has 1 amide bonds. The summed E-state index contributed by atoms with van der Waals surface area (Å²) in [6.45, 7) is 7.10. The van der Waals surface area contributed by atoms with Crippen molar-refractivity contribution >= 4 is 5.91 Å². The fraction of sp³-hybridized carbons (Fsp3) is 0.900. The average molecular weight is 203 g/mol. The highest BCUT2D eigenvalue weighted by Crippen LogP contribution is 2.04. The molecule has 0 spiro atoms. The van der Waals surface area contributed by atoms with Crippen LogP contribution in [0.5, 0.6) is 0 Å². The van der Waals surface area contributed by atoms with E-state index in [1.165, 1.54) is 0 Å². The first kappa shape index (κ1) is 13.4. The van der Waals surface area contributed by atoms with E-state index < -0.39 is 0 Å². The normalized spacial score (nSPS) is 11.4. The van der Waals surface area contributed by atoms with Gasteiger partial charge in [0.05, 0.1) is 5.60 Å². The fourth-order valence-electron chi connectivity index (χ4n) is 0.744. The van der Waals surface area contributed by atoms with Gasteiger partial charge in [0.1, 0.15) is 6.61 Å². The Morgan fingerprint density at radius 1 is 1.43 bits per heavy atom. The van der Waals surface area contributed by atoms with E-state index >= 15 is 0 Å². The van der Waals surface area contributed by atoms with Crippen molar-refractivity contribution in [3.8, 4) is 0 Å². The Morgan fingerprint density at radius 3 is 2.57 bits per heavy atom. The predicted molar refractivity (Wildman–Crippen MR) is 55.2 cm³/mol. The Kier molecular flexibility index (Phi) is 6.49. The zero-order chi connectivity index (χ0) is 11.0. The van der Waals surface area contributed by atoms with Crippen LogP contribution in [0.4, 0.5) is 0 Å². The molecule has 0 aromatic carbocycles. The van der Waals surface area contributed by atoms with Crippen LogP contribution in [0.1, 0.15) is 27.2 Å². The monoisotopic (exact) mass is 203 g/mol. The molecule has 0 atom stereocenters. The Hall–Kier alpha value is -0.610. The van der Waals surface area contributed by atoms with Crippen molar-refractivity contribution in [2.45, 2.75) is 32.8 Å². The molecule has 0 aliphatic heterocycles. The Bertz CT molecular complexity index is 169. The minimum atomic E-state index is -0.319. The lowest BCUT2D eigenvalue weighted by molar-refractivity contribution is -0.126. The molecule has 0 aromatic rings. The largest absolute Gasteiger partial charge is 0.377 e. The molecule has 0 saturated carbocycles. The molecule has 0 heterocycles. The van der Waals surface area contributed by atoms with E-state index in [4.69, 9.17) is 9.47 Å². The molecule has 0 aliphatic rings. The Balaban J connectivity index is 3.53. The van der Waals surface area contributed by atoms with Gasteiger partial charge in [0.25, 0.3) is 0 Å². The molecular formula is C10H21NO3. The second-order valence-corrected chi connectivity index (χ2v) is 3.79. The SMILES string of the molecule is CCCOCC(=O)NCC(C)(C)OC. The number of methoxy groups -OCH3 is 1. The lowest BCUT2D eigenvalue weighted by Crippen LogP contribution is -2.41. The van der Waals surface area contributed by atoms with E-state index in [0.29, 0.717) is 13.2 Å². The van der Waals surface area contributed by atoms with E-state index in [2.05, 4.69) is 5.32 Å². The molecule has 0 saturated heterocycles. The molecule has 0 aromatic heterocycles. The number of carbonyl (C=O) groups is 1. The maximum absolute atomic E-state index is 11.2. The molecule has 0 aliphatic carbocycles. The first-order valence-electron chi connectivity index (χ1n) is 4.91. The summed E-state index contributed by atoms with van der Waals surface area (Å²) in [5, 5.41) is 2.74. The third-order valence-electron chi connectivity index (χ3n) is 1.85. The third-order valence-corrected chi connectivity index (χ3v) is 1.85. The van der Waals surface area contributed by atoms with Crippen molar-refractivity contribution in [3.05, 3.63) is 0 Å². The average Bonchev–Trinajstić information content (AvgIpc) is 2.16. The predicted octanol–water partition coefficient (Wildman–Crippen LogP) is 0.954. The molecule has 1 N–H and O–H groups in total. The van der Waals surface area contributed by atoms with Gasteiger partial charge in [0.2, 0.25) is 5.91 Å². The summed E-state index contributed by atoms with van der Waals surface area (Å²) < 4.78 is 10.2. The maximum Gasteiger partial charge on any atom is 0.246 e. The van der Waals surface area contributed by atoms with Gasteiger partial charge in [-0.2, -0.15) is 0 Å². The standard InChI is InChI=1S/C10H21NO3/c1-5-6-14-7-9(12)11-8-10(2,3)13-4/h5-8H2,1-4H3,(H,11,12). The molecule has 14 heavy (non-hydrogen) atoms. The van der Waals surface area contributed by atoms with E-state index in [1.807, 2.05) is 20.8 Å². The van der Waals surface area contributed by atoms with E-state index in [9.17, 15) is 4.79 Å². The molecular weight excluding hydrogens is 182 g/mol. The summed E-state index contributed by atoms with van der Waals surface area (Å²) in [5.74, 6) is -0.0939. The smallest absolute Gasteiger partial charge is 0.246 e. The summed E-state index contributed by atoms with van der Waals surface area (Å²) in [6.07, 6.45) is 0.927. The van der Waals surface area contributed by atoms with Crippen LogP contribution in [0.3, 0.4) is 0 Å². The van der Waals surface area contributed by atoms with E-state index in [1.54, 1.807) is 7.11 Å². The Morgan fingerprint density at radius 2 is 2.07 bits per heavy atom. The van der Waals surface area contributed by atoms with Crippen molar-refractivity contribution in [2.24, 2.45) is 0 Å².